The molecule has 3 aromatic rings. The number of hydrogen-bond donors (Lipinski definition) is 2. The van der Waals surface area contributed by atoms with Gasteiger partial charge in [0.15, 0.2) is 0 Å². The minimum Gasteiger partial charge on any atom is -0.326 e. The van der Waals surface area contributed by atoms with Gasteiger partial charge in [0.1, 0.15) is 5.01 Å². The van der Waals surface area contributed by atoms with Crippen LogP contribution in [0.25, 0.3) is 0 Å². The summed E-state index contributed by atoms with van der Waals surface area (Å²) in [5, 5.41) is 12.6. The lowest BCUT2D eigenvalue weighted by Crippen LogP contribution is -2.11. The van der Waals surface area contributed by atoms with Gasteiger partial charge in [-0.2, -0.15) is 0 Å². The molecular formula is C18H16N4OS2. The van der Waals surface area contributed by atoms with Gasteiger partial charge in [-0.1, -0.05) is 35.6 Å². The van der Waals surface area contributed by atoms with Crippen LogP contribution in [0.5, 0.6) is 0 Å². The molecule has 4 rings (SSSR count). The lowest BCUT2D eigenvalue weighted by atomic mass is 10.2. The largest absolute Gasteiger partial charge is 0.326 e. The number of carbonyl (C=O) groups is 1. The second-order valence-corrected chi connectivity index (χ2v) is 7.66. The van der Waals surface area contributed by atoms with Gasteiger partial charge in [-0.05, 0) is 55.1 Å². The average molecular weight is 368 g/mol. The molecule has 1 aliphatic rings. The van der Waals surface area contributed by atoms with Gasteiger partial charge in [0.2, 0.25) is 5.13 Å². The monoisotopic (exact) mass is 368 g/mol. The Bertz CT molecular complexity index is 878. The molecule has 0 bridgehead atoms. The highest BCUT2D eigenvalue weighted by Gasteiger charge is 2.27. The molecular weight excluding hydrogens is 352 g/mol. The molecule has 7 heteroatoms. The van der Waals surface area contributed by atoms with Crippen molar-refractivity contribution in [1.29, 1.82) is 0 Å². The number of anilines is 2. The molecule has 1 heterocycles. The Balaban J connectivity index is 1.40. The number of carbonyl (C=O) groups excluding carboxylic acids is 1. The van der Waals surface area contributed by atoms with Gasteiger partial charge < -0.3 is 4.72 Å². The first-order valence-electron chi connectivity index (χ1n) is 8.01. The quantitative estimate of drug-likeness (QED) is 0.613. The zero-order valence-corrected chi connectivity index (χ0v) is 14.9. The first kappa shape index (κ1) is 16.1. The normalized spacial score (nSPS) is 13.4. The van der Waals surface area contributed by atoms with Gasteiger partial charge in [0, 0.05) is 22.1 Å². The van der Waals surface area contributed by atoms with E-state index >= 15 is 0 Å². The third kappa shape index (κ3) is 4.18. The molecule has 0 aliphatic heterocycles. The predicted molar refractivity (Wildman–Crippen MR) is 102 cm³/mol. The van der Waals surface area contributed by atoms with E-state index in [4.69, 9.17) is 0 Å². The molecule has 2 aromatic carbocycles. The molecule has 1 aliphatic carbocycles. The summed E-state index contributed by atoms with van der Waals surface area (Å²) in [5.74, 6) is 0.373. The van der Waals surface area contributed by atoms with Crippen molar-refractivity contribution in [2.75, 3.05) is 10.0 Å². The Hall–Kier alpha value is -2.38. The maximum atomic E-state index is 12.4. The van der Waals surface area contributed by atoms with Crippen LogP contribution < -0.4 is 10.0 Å². The summed E-state index contributed by atoms with van der Waals surface area (Å²) < 4.78 is 3.26. The number of amides is 1. The molecule has 0 saturated heterocycles. The van der Waals surface area contributed by atoms with Crippen LogP contribution in [0.1, 0.15) is 34.1 Å². The molecule has 0 atom stereocenters. The summed E-state index contributed by atoms with van der Waals surface area (Å²) in [5.41, 5.74) is 1.46. The van der Waals surface area contributed by atoms with Crippen LogP contribution in [0.15, 0.2) is 59.5 Å². The van der Waals surface area contributed by atoms with Crippen LogP contribution in [0.2, 0.25) is 0 Å². The Morgan fingerprint density at radius 1 is 1.08 bits per heavy atom. The highest BCUT2D eigenvalue weighted by atomic mass is 32.2. The zero-order chi connectivity index (χ0) is 17.1. The number of benzene rings is 2. The average Bonchev–Trinajstić information content (AvgIpc) is 3.41. The van der Waals surface area contributed by atoms with Crippen molar-refractivity contribution < 1.29 is 4.79 Å². The second kappa shape index (κ2) is 7.25. The molecule has 2 N–H and O–H groups in total. The van der Waals surface area contributed by atoms with E-state index < -0.39 is 0 Å². The number of hydrogen-bond acceptors (Lipinski definition) is 6. The molecule has 1 fully saturated rings. The summed E-state index contributed by atoms with van der Waals surface area (Å²) in [7, 11) is 0. The third-order valence-corrected chi connectivity index (χ3v) is 5.59. The fourth-order valence-electron chi connectivity index (χ4n) is 2.28. The van der Waals surface area contributed by atoms with E-state index in [0.29, 0.717) is 16.6 Å². The summed E-state index contributed by atoms with van der Waals surface area (Å²) in [6.45, 7) is 0. The van der Waals surface area contributed by atoms with Gasteiger partial charge in [-0.25, -0.2) is 0 Å². The SMILES string of the molecule is O=C(Nc1nnc(C2CC2)s1)c1cccc(NSc2ccccc2)c1. The topological polar surface area (TPSA) is 66.9 Å². The van der Waals surface area contributed by atoms with Crippen molar-refractivity contribution >= 4 is 40.0 Å². The number of rotatable bonds is 6. The van der Waals surface area contributed by atoms with Crippen molar-refractivity contribution in [2.24, 2.45) is 0 Å². The maximum Gasteiger partial charge on any atom is 0.257 e. The molecule has 0 radical (unpaired) electrons. The zero-order valence-electron chi connectivity index (χ0n) is 13.3. The van der Waals surface area contributed by atoms with Gasteiger partial charge in [-0.15, -0.1) is 10.2 Å². The third-order valence-electron chi connectivity index (χ3n) is 3.74. The molecule has 126 valence electrons. The Morgan fingerprint density at radius 2 is 1.92 bits per heavy atom. The van der Waals surface area contributed by atoms with Crippen LogP contribution in [-0.4, -0.2) is 16.1 Å². The molecule has 5 nitrogen and oxygen atoms in total. The van der Waals surface area contributed by atoms with Crippen LogP contribution >= 0.6 is 23.3 Å². The fourth-order valence-corrected chi connectivity index (χ4v) is 3.84. The minimum atomic E-state index is -0.174. The standard InChI is InChI=1S/C18H16N4OS2/c23-16(19-18-21-20-17(24-18)12-9-10-12)13-5-4-6-14(11-13)22-25-15-7-2-1-3-8-15/h1-8,11-12,22H,9-10H2,(H,19,21,23). The van der Waals surface area contributed by atoms with E-state index in [0.717, 1.165) is 15.6 Å². The van der Waals surface area contributed by atoms with E-state index in [1.807, 2.05) is 48.5 Å². The number of aromatic nitrogens is 2. The lowest BCUT2D eigenvalue weighted by molar-refractivity contribution is 0.102. The smallest absolute Gasteiger partial charge is 0.257 e. The van der Waals surface area contributed by atoms with Crippen molar-refractivity contribution in [2.45, 2.75) is 23.7 Å². The Morgan fingerprint density at radius 3 is 2.72 bits per heavy atom. The summed E-state index contributed by atoms with van der Waals surface area (Å²) in [4.78, 5) is 13.5. The van der Waals surface area contributed by atoms with Crippen LogP contribution in [0, 0.1) is 0 Å². The van der Waals surface area contributed by atoms with Gasteiger partial charge in [0.25, 0.3) is 5.91 Å². The van der Waals surface area contributed by atoms with E-state index in [2.05, 4.69) is 20.2 Å². The van der Waals surface area contributed by atoms with Gasteiger partial charge in [-0.3, -0.25) is 10.1 Å². The minimum absolute atomic E-state index is 0.174. The maximum absolute atomic E-state index is 12.4. The Kier molecular flexibility index (Phi) is 4.67. The van der Waals surface area contributed by atoms with E-state index in [1.54, 1.807) is 6.07 Å². The molecule has 25 heavy (non-hydrogen) atoms. The van der Waals surface area contributed by atoms with Crippen molar-refractivity contribution in [1.82, 2.24) is 10.2 Å². The van der Waals surface area contributed by atoms with Crippen LogP contribution in [-0.2, 0) is 0 Å². The van der Waals surface area contributed by atoms with Crippen LogP contribution in [0.3, 0.4) is 0 Å². The Labute approximate surface area is 154 Å². The number of nitrogens with one attached hydrogen (secondary N) is 2. The molecule has 0 spiro atoms. The summed E-state index contributed by atoms with van der Waals surface area (Å²) in [6.07, 6.45) is 2.35. The highest BCUT2D eigenvalue weighted by molar-refractivity contribution is 8.00. The first-order chi connectivity index (χ1) is 12.3. The van der Waals surface area contributed by atoms with Gasteiger partial charge in [0.05, 0.1) is 0 Å². The summed E-state index contributed by atoms with van der Waals surface area (Å²) >= 11 is 2.97. The van der Waals surface area contributed by atoms with E-state index in [1.165, 1.54) is 36.1 Å². The fraction of sp³-hybridized carbons (Fsp3) is 0.167. The van der Waals surface area contributed by atoms with Crippen molar-refractivity contribution in [3.8, 4) is 0 Å². The molecule has 1 aromatic heterocycles. The van der Waals surface area contributed by atoms with E-state index in [-0.39, 0.29) is 5.91 Å². The van der Waals surface area contributed by atoms with Crippen molar-refractivity contribution in [3.63, 3.8) is 0 Å². The highest BCUT2D eigenvalue weighted by Crippen LogP contribution is 2.42. The predicted octanol–water partition coefficient (Wildman–Crippen LogP) is 4.79. The summed E-state index contributed by atoms with van der Waals surface area (Å²) in [6, 6.07) is 17.4. The van der Waals surface area contributed by atoms with Crippen molar-refractivity contribution in [3.05, 3.63) is 65.2 Å². The lowest BCUT2D eigenvalue weighted by Gasteiger charge is -2.07. The van der Waals surface area contributed by atoms with Crippen LogP contribution in [0.4, 0.5) is 10.8 Å². The molecule has 1 saturated carbocycles. The molecule has 1 amide bonds. The number of nitrogens with zero attached hydrogens (tertiary/aromatic N) is 2. The second-order valence-electron chi connectivity index (χ2n) is 5.77. The van der Waals surface area contributed by atoms with Gasteiger partial charge >= 0.3 is 0 Å². The van der Waals surface area contributed by atoms with E-state index in [9.17, 15) is 4.79 Å². The first-order valence-corrected chi connectivity index (χ1v) is 9.64. The molecule has 0 unspecified atom stereocenters.